The summed E-state index contributed by atoms with van der Waals surface area (Å²) in [4.78, 5) is 28.5. The Hall–Kier alpha value is -5.31. The molecule has 0 spiro atoms. The Balaban J connectivity index is 1.34. The molecule has 0 fully saturated rings. The quantitative estimate of drug-likeness (QED) is 0.0830. The molecule has 1 aliphatic heterocycles. The van der Waals surface area contributed by atoms with Gasteiger partial charge in [-0.05, 0) is 92.4 Å². The third-order valence-corrected chi connectivity index (χ3v) is 10.4. The van der Waals surface area contributed by atoms with Gasteiger partial charge in [0.05, 0.1) is 10.6 Å². The minimum atomic E-state index is -4.55. The van der Waals surface area contributed by atoms with E-state index in [-0.39, 0.29) is 17.5 Å². The first kappa shape index (κ1) is 30.1. The molecule has 7 aromatic rings. The Kier molecular flexibility index (Phi) is 6.64. The summed E-state index contributed by atoms with van der Waals surface area (Å²) in [6.45, 7) is 8.68. The molecular formula is C40H31NO6S. The number of nitrogens with zero attached hydrogens (tertiary/aromatic N) is 1. The number of benzene rings is 7. The zero-order valence-electron chi connectivity index (χ0n) is 26.7. The molecule has 0 atom stereocenters. The summed E-state index contributed by atoms with van der Waals surface area (Å²) < 4.78 is 40.1. The first-order valence-electron chi connectivity index (χ1n) is 15.9. The van der Waals surface area contributed by atoms with Crippen molar-refractivity contribution in [2.45, 2.75) is 44.4 Å². The molecule has 1 heterocycles. The van der Waals surface area contributed by atoms with E-state index in [0.29, 0.717) is 16.5 Å². The molecule has 0 radical (unpaired) electrons. The number of amides is 2. The fraction of sp³-hybridized carbons (Fsp3) is 0.150. The minimum absolute atomic E-state index is 0.0569. The standard InChI is InChI=1S/C40H31NO6S/c1-21(2)25-10-6-11-26(22(3)4)38(25)47-34-19-18-28-30-15-17-33-37-32(16-14-29(36(30)37)27-12-7-13-31(34)35(27)28)39(42)41(40(33)43)23-8-5-9-24(20-23)48(44,45)46/h5-22H,1-4H3,(H,44,45,46). The van der Waals surface area contributed by atoms with Crippen LogP contribution in [-0.4, -0.2) is 24.8 Å². The lowest BCUT2D eigenvalue weighted by Gasteiger charge is -2.28. The van der Waals surface area contributed by atoms with E-state index >= 15 is 0 Å². The molecular weight excluding hydrogens is 623 g/mol. The van der Waals surface area contributed by atoms with E-state index in [0.717, 1.165) is 71.3 Å². The van der Waals surface area contributed by atoms with Crippen LogP contribution in [0.15, 0.2) is 102 Å². The van der Waals surface area contributed by atoms with Gasteiger partial charge in [0, 0.05) is 27.3 Å². The zero-order chi connectivity index (χ0) is 33.6. The van der Waals surface area contributed by atoms with Crippen LogP contribution in [0, 0.1) is 0 Å². The highest BCUT2D eigenvalue weighted by Crippen LogP contribution is 2.47. The van der Waals surface area contributed by atoms with Gasteiger partial charge in [-0.25, -0.2) is 4.90 Å². The van der Waals surface area contributed by atoms with Crippen molar-refractivity contribution in [1.82, 2.24) is 0 Å². The second kappa shape index (κ2) is 10.6. The molecule has 0 aromatic heterocycles. The molecule has 1 N–H and O–H groups in total. The first-order chi connectivity index (χ1) is 23.0. The molecule has 48 heavy (non-hydrogen) atoms. The molecule has 0 bridgehead atoms. The lowest BCUT2D eigenvalue weighted by molar-refractivity contribution is 0.0893. The van der Waals surface area contributed by atoms with Gasteiger partial charge in [-0.2, -0.15) is 8.42 Å². The van der Waals surface area contributed by atoms with E-state index in [2.05, 4.69) is 64.1 Å². The average Bonchev–Trinajstić information content (AvgIpc) is 3.06. The van der Waals surface area contributed by atoms with Crippen LogP contribution < -0.4 is 9.64 Å². The van der Waals surface area contributed by atoms with Crippen LogP contribution in [0.4, 0.5) is 5.69 Å². The van der Waals surface area contributed by atoms with Gasteiger partial charge in [0.1, 0.15) is 11.5 Å². The highest BCUT2D eigenvalue weighted by molar-refractivity contribution is 7.85. The summed E-state index contributed by atoms with van der Waals surface area (Å²) in [6.07, 6.45) is 0. The summed E-state index contributed by atoms with van der Waals surface area (Å²) in [6, 6.07) is 29.0. The molecule has 0 unspecified atom stereocenters. The molecule has 2 amide bonds. The number of anilines is 1. The average molecular weight is 654 g/mol. The van der Waals surface area contributed by atoms with Gasteiger partial charge in [0.2, 0.25) is 0 Å². The summed E-state index contributed by atoms with van der Waals surface area (Å²) >= 11 is 0. The summed E-state index contributed by atoms with van der Waals surface area (Å²) in [7, 11) is -4.55. The number of imide groups is 1. The Morgan fingerprint density at radius 2 is 1.12 bits per heavy atom. The molecule has 8 heteroatoms. The van der Waals surface area contributed by atoms with Crippen LogP contribution in [0.2, 0.25) is 0 Å². The predicted molar refractivity (Wildman–Crippen MR) is 190 cm³/mol. The molecule has 7 aromatic carbocycles. The van der Waals surface area contributed by atoms with Crippen molar-refractivity contribution in [1.29, 1.82) is 0 Å². The maximum absolute atomic E-state index is 14.0. The monoisotopic (exact) mass is 653 g/mol. The van der Waals surface area contributed by atoms with E-state index in [4.69, 9.17) is 4.74 Å². The van der Waals surface area contributed by atoms with Gasteiger partial charge in [-0.1, -0.05) is 82.3 Å². The van der Waals surface area contributed by atoms with Crippen molar-refractivity contribution < 1.29 is 27.3 Å². The fourth-order valence-electron chi connectivity index (χ4n) is 7.28. The summed E-state index contributed by atoms with van der Waals surface area (Å²) in [5.74, 6) is 1.06. The van der Waals surface area contributed by atoms with Crippen molar-refractivity contribution in [2.24, 2.45) is 0 Å². The van der Waals surface area contributed by atoms with Gasteiger partial charge >= 0.3 is 0 Å². The minimum Gasteiger partial charge on any atom is -0.456 e. The van der Waals surface area contributed by atoms with Crippen LogP contribution in [-0.2, 0) is 10.1 Å². The molecule has 0 saturated heterocycles. The predicted octanol–water partition coefficient (Wildman–Crippen LogP) is 9.82. The second-order valence-corrected chi connectivity index (χ2v) is 14.4. The third kappa shape index (κ3) is 4.33. The third-order valence-electron chi connectivity index (χ3n) is 9.51. The van der Waals surface area contributed by atoms with Crippen LogP contribution in [0.5, 0.6) is 11.5 Å². The molecule has 1 aliphatic rings. The Morgan fingerprint density at radius 1 is 0.604 bits per heavy atom. The number of fused-ring (bicyclic) bond motifs is 2. The van der Waals surface area contributed by atoms with Crippen molar-refractivity contribution in [3.63, 3.8) is 0 Å². The maximum Gasteiger partial charge on any atom is 0.294 e. The Bertz CT molecular complexity index is 2530. The van der Waals surface area contributed by atoms with Gasteiger partial charge in [-0.15, -0.1) is 0 Å². The number of carbonyl (C=O) groups excluding carboxylic acids is 2. The normalized spacial score (nSPS) is 13.7. The number of ether oxygens (including phenoxy) is 1. The van der Waals surface area contributed by atoms with E-state index < -0.39 is 26.8 Å². The molecule has 7 nitrogen and oxygen atoms in total. The Labute approximate surface area is 277 Å². The second-order valence-electron chi connectivity index (χ2n) is 13.0. The largest absolute Gasteiger partial charge is 0.456 e. The van der Waals surface area contributed by atoms with Gasteiger partial charge in [-0.3, -0.25) is 14.1 Å². The lowest BCUT2D eigenvalue weighted by atomic mass is 9.84. The van der Waals surface area contributed by atoms with Crippen molar-refractivity contribution in [3.05, 3.63) is 119 Å². The number of carbonyl (C=O) groups is 2. The number of hydrogen-bond acceptors (Lipinski definition) is 5. The van der Waals surface area contributed by atoms with E-state index in [1.165, 1.54) is 18.2 Å². The van der Waals surface area contributed by atoms with Crippen molar-refractivity contribution in [3.8, 4) is 11.5 Å². The van der Waals surface area contributed by atoms with Gasteiger partial charge in [0.25, 0.3) is 21.9 Å². The van der Waals surface area contributed by atoms with Crippen LogP contribution >= 0.6 is 0 Å². The van der Waals surface area contributed by atoms with Crippen LogP contribution in [0.25, 0.3) is 43.1 Å². The van der Waals surface area contributed by atoms with Gasteiger partial charge < -0.3 is 4.74 Å². The summed E-state index contributed by atoms with van der Waals surface area (Å²) in [5.41, 5.74) is 3.04. The number of para-hydroxylation sites is 1. The topological polar surface area (TPSA) is 101 Å². The van der Waals surface area contributed by atoms with Crippen LogP contribution in [0.3, 0.4) is 0 Å². The van der Waals surface area contributed by atoms with Crippen molar-refractivity contribution >= 4 is 70.7 Å². The van der Waals surface area contributed by atoms with Crippen LogP contribution in [0.1, 0.15) is 71.4 Å². The highest BCUT2D eigenvalue weighted by atomic mass is 32.2. The fourth-order valence-corrected chi connectivity index (χ4v) is 7.80. The molecule has 238 valence electrons. The SMILES string of the molecule is CC(C)c1cccc(C(C)C)c1Oc1ccc2c3ccc4c5c(ccc(c6cccc1c62)c53)C(=O)N(c1cccc(S(=O)(=O)O)c1)C4=O. The highest BCUT2D eigenvalue weighted by Gasteiger charge is 2.36. The number of rotatable bonds is 6. The number of hydrogen-bond donors (Lipinski definition) is 1. The van der Waals surface area contributed by atoms with Crippen molar-refractivity contribution in [2.75, 3.05) is 4.90 Å². The van der Waals surface area contributed by atoms with Gasteiger partial charge in [0.15, 0.2) is 0 Å². The Morgan fingerprint density at radius 3 is 1.73 bits per heavy atom. The molecule has 0 aliphatic carbocycles. The molecule has 0 saturated carbocycles. The zero-order valence-corrected chi connectivity index (χ0v) is 27.6. The van der Waals surface area contributed by atoms with E-state index in [1.807, 2.05) is 24.3 Å². The maximum atomic E-state index is 14.0. The smallest absolute Gasteiger partial charge is 0.294 e. The summed E-state index contributed by atoms with van der Waals surface area (Å²) in [5, 5.41) is 7.17. The lowest BCUT2D eigenvalue weighted by Crippen LogP contribution is -2.40. The van der Waals surface area contributed by atoms with E-state index in [9.17, 15) is 22.6 Å². The van der Waals surface area contributed by atoms with E-state index in [1.54, 1.807) is 12.1 Å². The first-order valence-corrected chi connectivity index (χ1v) is 17.3. The molecule has 8 rings (SSSR count).